The van der Waals surface area contributed by atoms with Gasteiger partial charge in [-0.2, -0.15) is 0 Å². The van der Waals surface area contributed by atoms with Crippen LogP contribution in [-0.4, -0.2) is 22.0 Å². The van der Waals surface area contributed by atoms with Crippen LogP contribution in [0.3, 0.4) is 0 Å². The number of nitrogens with zero attached hydrogens (tertiary/aromatic N) is 1. The highest BCUT2D eigenvalue weighted by molar-refractivity contribution is 7.16. The normalized spacial score (nSPS) is 10.5. The van der Waals surface area contributed by atoms with Crippen LogP contribution in [0.4, 0.5) is 9.52 Å². The molecule has 0 aliphatic rings. The molecule has 1 heterocycles. The van der Waals surface area contributed by atoms with Crippen molar-refractivity contribution in [3.05, 3.63) is 70.4 Å². The van der Waals surface area contributed by atoms with Crippen LogP contribution in [0.2, 0.25) is 0 Å². The number of carbonyl (C=O) groups excluding carboxylic acids is 1. The van der Waals surface area contributed by atoms with Crippen LogP contribution in [0.15, 0.2) is 48.5 Å². The number of anilines is 1. The summed E-state index contributed by atoms with van der Waals surface area (Å²) in [4.78, 5) is 28.3. The van der Waals surface area contributed by atoms with Crippen LogP contribution in [0.1, 0.15) is 20.8 Å². The summed E-state index contributed by atoms with van der Waals surface area (Å²) in [6.07, 6.45) is -0.231. The Morgan fingerprint density at radius 3 is 2.58 bits per heavy atom. The number of aryl methyl sites for hydroxylation is 1. The first kappa shape index (κ1) is 17.8. The zero-order valence-corrected chi connectivity index (χ0v) is 14.6. The minimum absolute atomic E-state index is 0.231. The number of rotatable bonds is 5. The summed E-state index contributed by atoms with van der Waals surface area (Å²) in [5, 5.41) is 12.1. The number of aliphatic carboxylic acids is 1. The monoisotopic (exact) mass is 370 g/mol. The van der Waals surface area contributed by atoms with Crippen LogP contribution >= 0.6 is 11.3 Å². The highest BCUT2D eigenvalue weighted by atomic mass is 32.1. The van der Waals surface area contributed by atoms with Gasteiger partial charge in [-0.15, -0.1) is 11.3 Å². The number of amides is 1. The van der Waals surface area contributed by atoms with E-state index in [1.807, 2.05) is 13.0 Å². The van der Waals surface area contributed by atoms with E-state index in [4.69, 9.17) is 5.11 Å². The molecule has 0 bridgehead atoms. The predicted molar refractivity (Wildman–Crippen MR) is 98.0 cm³/mol. The Morgan fingerprint density at radius 2 is 1.92 bits per heavy atom. The minimum Gasteiger partial charge on any atom is -0.481 e. The summed E-state index contributed by atoms with van der Waals surface area (Å²) in [5.41, 5.74) is 2.46. The van der Waals surface area contributed by atoms with E-state index in [-0.39, 0.29) is 12.3 Å². The van der Waals surface area contributed by atoms with Gasteiger partial charge in [0.15, 0.2) is 5.13 Å². The van der Waals surface area contributed by atoms with E-state index in [0.29, 0.717) is 26.8 Å². The molecule has 3 aromatic rings. The largest absolute Gasteiger partial charge is 0.481 e. The average Bonchev–Trinajstić information content (AvgIpc) is 2.97. The zero-order valence-electron chi connectivity index (χ0n) is 13.8. The maximum absolute atomic E-state index is 13.1. The Hall–Kier alpha value is -3.06. The molecule has 0 spiro atoms. The van der Waals surface area contributed by atoms with Crippen molar-refractivity contribution in [2.75, 3.05) is 5.32 Å². The molecule has 1 amide bonds. The summed E-state index contributed by atoms with van der Waals surface area (Å²) >= 11 is 1.10. The van der Waals surface area contributed by atoms with Gasteiger partial charge in [0.1, 0.15) is 5.82 Å². The third-order valence-corrected chi connectivity index (χ3v) is 4.60. The van der Waals surface area contributed by atoms with Gasteiger partial charge in [0.05, 0.1) is 12.1 Å². The van der Waals surface area contributed by atoms with Gasteiger partial charge in [-0.1, -0.05) is 17.7 Å². The van der Waals surface area contributed by atoms with Crippen molar-refractivity contribution in [3.63, 3.8) is 0 Å². The van der Waals surface area contributed by atoms with E-state index in [1.54, 1.807) is 18.2 Å². The van der Waals surface area contributed by atoms with Crippen molar-refractivity contribution >= 4 is 28.3 Å². The third kappa shape index (κ3) is 4.12. The zero-order chi connectivity index (χ0) is 18.7. The van der Waals surface area contributed by atoms with Crippen molar-refractivity contribution < 1.29 is 19.1 Å². The van der Waals surface area contributed by atoms with Gasteiger partial charge < -0.3 is 5.11 Å². The maximum Gasteiger partial charge on any atom is 0.308 e. The molecule has 0 aliphatic carbocycles. The number of benzene rings is 2. The van der Waals surface area contributed by atoms with Gasteiger partial charge in [0, 0.05) is 16.0 Å². The topological polar surface area (TPSA) is 79.3 Å². The van der Waals surface area contributed by atoms with Crippen LogP contribution < -0.4 is 5.32 Å². The molecule has 0 atom stereocenters. The van der Waals surface area contributed by atoms with Gasteiger partial charge in [-0.25, -0.2) is 9.37 Å². The van der Waals surface area contributed by atoms with Crippen LogP contribution in [0.25, 0.3) is 11.3 Å². The lowest BCUT2D eigenvalue weighted by molar-refractivity contribution is -0.136. The average molecular weight is 370 g/mol. The number of hydrogen-bond donors (Lipinski definition) is 2. The molecule has 5 nitrogen and oxygen atoms in total. The lowest BCUT2D eigenvalue weighted by Crippen LogP contribution is -2.11. The number of carbonyl (C=O) groups is 2. The van der Waals surface area contributed by atoms with Crippen LogP contribution in [-0.2, 0) is 11.2 Å². The molecule has 1 aromatic heterocycles. The maximum atomic E-state index is 13.1. The number of carboxylic acids is 1. The van der Waals surface area contributed by atoms with Gasteiger partial charge >= 0.3 is 5.97 Å². The molecule has 0 radical (unpaired) electrons. The molecular weight excluding hydrogens is 355 g/mol. The van der Waals surface area contributed by atoms with Crippen LogP contribution in [0, 0.1) is 12.7 Å². The summed E-state index contributed by atoms with van der Waals surface area (Å²) in [7, 11) is 0. The Morgan fingerprint density at radius 1 is 1.19 bits per heavy atom. The summed E-state index contributed by atoms with van der Waals surface area (Å²) in [6.45, 7) is 1.89. The molecule has 3 rings (SSSR count). The number of aromatic nitrogens is 1. The lowest BCUT2D eigenvalue weighted by Gasteiger charge is -2.02. The molecule has 2 aromatic carbocycles. The Labute approximate surface area is 153 Å². The van der Waals surface area contributed by atoms with Crippen molar-refractivity contribution in [2.24, 2.45) is 0 Å². The van der Waals surface area contributed by atoms with Gasteiger partial charge in [0.2, 0.25) is 0 Å². The molecule has 0 saturated heterocycles. The second kappa shape index (κ2) is 7.45. The minimum atomic E-state index is -1.01. The summed E-state index contributed by atoms with van der Waals surface area (Å²) in [5.74, 6) is -1.72. The molecule has 26 heavy (non-hydrogen) atoms. The second-order valence-corrected chi connectivity index (χ2v) is 6.78. The highest BCUT2D eigenvalue weighted by Gasteiger charge is 2.18. The first-order valence-corrected chi connectivity index (χ1v) is 8.59. The standard InChI is InChI=1S/C19H15FN2O3S/c1-11-3-2-4-13(9-11)18(25)22-19-21-17(15(26-19)10-16(23)24)12-5-7-14(20)8-6-12/h2-9H,10H2,1H3,(H,23,24)(H,21,22,25). The Balaban J connectivity index is 1.91. The quantitative estimate of drug-likeness (QED) is 0.707. The van der Waals surface area contributed by atoms with Crippen molar-refractivity contribution in [1.29, 1.82) is 0 Å². The fourth-order valence-corrected chi connectivity index (χ4v) is 3.42. The highest BCUT2D eigenvalue weighted by Crippen LogP contribution is 2.32. The van der Waals surface area contributed by atoms with Crippen molar-refractivity contribution in [2.45, 2.75) is 13.3 Å². The van der Waals surface area contributed by atoms with E-state index in [2.05, 4.69) is 10.3 Å². The van der Waals surface area contributed by atoms with Crippen LogP contribution in [0.5, 0.6) is 0 Å². The third-order valence-electron chi connectivity index (χ3n) is 3.63. The molecule has 2 N–H and O–H groups in total. The Kier molecular flexibility index (Phi) is 5.09. The van der Waals surface area contributed by atoms with Gasteiger partial charge in [-0.05, 0) is 43.3 Å². The fraction of sp³-hybridized carbons (Fsp3) is 0.105. The Bertz CT molecular complexity index is 967. The first-order chi connectivity index (χ1) is 12.4. The number of halogens is 1. The first-order valence-electron chi connectivity index (χ1n) is 7.78. The van der Waals surface area contributed by atoms with E-state index < -0.39 is 11.8 Å². The predicted octanol–water partition coefficient (Wildman–Crippen LogP) is 4.14. The molecule has 0 fully saturated rings. The number of nitrogens with one attached hydrogen (secondary N) is 1. The number of thiazole rings is 1. The van der Waals surface area contributed by atoms with E-state index in [9.17, 15) is 14.0 Å². The molecule has 132 valence electrons. The fourth-order valence-electron chi connectivity index (χ4n) is 2.45. The van der Waals surface area contributed by atoms with Gasteiger partial charge in [0.25, 0.3) is 5.91 Å². The van der Waals surface area contributed by atoms with Crippen molar-refractivity contribution in [1.82, 2.24) is 4.98 Å². The molecule has 7 heteroatoms. The molecular formula is C19H15FN2O3S. The summed E-state index contributed by atoms with van der Waals surface area (Å²) < 4.78 is 13.1. The summed E-state index contributed by atoms with van der Waals surface area (Å²) in [6, 6.07) is 12.7. The number of carboxylic acid groups (broad SMARTS) is 1. The second-order valence-electron chi connectivity index (χ2n) is 5.69. The van der Waals surface area contributed by atoms with E-state index in [1.165, 1.54) is 24.3 Å². The molecule has 0 aliphatic heterocycles. The SMILES string of the molecule is Cc1cccc(C(=O)Nc2nc(-c3ccc(F)cc3)c(CC(=O)O)s2)c1. The lowest BCUT2D eigenvalue weighted by atomic mass is 10.1. The van der Waals surface area contributed by atoms with E-state index in [0.717, 1.165) is 16.9 Å². The smallest absolute Gasteiger partial charge is 0.308 e. The molecule has 0 saturated carbocycles. The number of hydrogen-bond acceptors (Lipinski definition) is 4. The van der Waals surface area contributed by atoms with Crippen molar-refractivity contribution in [3.8, 4) is 11.3 Å². The van der Waals surface area contributed by atoms with Gasteiger partial charge in [-0.3, -0.25) is 14.9 Å². The molecule has 0 unspecified atom stereocenters. The van der Waals surface area contributed by atoms with E-state index >= 15 is 0 Å².